The number of hydrogen-bond acceptors (Lipinski definition) is 5. The molecule has 0 radical (unpaired) electrons. The first kappa shape index (κ1) is 68.3. The maximum Gasteiger partial charge on any atom is 0.305 e. The molecule has 0 fully saturated rings. The second kappa shape index (κ2) is 59.9. The number of allylic oxidation sites excluding steroid dienone is 3. The molecule has 0 aromatic heterocycles. The second-order valence-electron chi connectivity index (χ2n) is 21.7. The van der Waals surface area contributed by atoms with Crippen molar-refractivity contribution in [3.05, 3.63) is 24.3 Å². The highest BCUT2D eigenvalue weighted by Gasteiger charge is 2.18. The predicted octanol–water partition coefficient (Wildman–Crippen LogP) is 19.8. The van der Waals surface area contributed by atoms with Gasteiger partial charge in [-0.15, -0.1) is 0 Å². The summed E-state index contributed by atoms with van der Waals surface area (Å²) in [6, 6.07) is -0.632. The van der Waals surface area contributed by atoms with Gasteiger partial charge in [0.1, 0.15) is 0 Å². The van der Waals surface area contributed by atoms with Gasteiger partial charge in [-0.1, -0.05) is 301 Å². The molecule has 414 valence electrons. The minimum atomic E-state index is -0.848. The largest absolute Gasteiger partial charge is 0.466 e. The SMILES string of the molecule is CCCCCCCCCCCCCC/C=C/C(O)C(CO)NC(=O)CCCCCCCCC/C=C\CCCCCCCCCCCCCOC(=O)CCCCCCCCCCCCCCCCCCC. The van der Waals surface area contributed by atoms with Gasteiger partial charge < -0.3 is 20.3 Å². The first-order valence-electron chi connectivity index (χ1n) is 31.6. The van der Waals surface area contributed by atoms with Crippen LogP contribution in [0.1, 0.15) is 348 Å². The predicted molar refractivity (Wildman–Crippen MR) is 306 cm³/mol. The lowest BCUT2D eigenvalue weighted by Gasteiger charge is -2.20. The number of esters is 1. The van der Waals surface area contributed by atoms with Crippen LogP contribution in [0.25, 0.3) is 0 Å². The molecule has 1 amide bonds. The van der Waals surface area contributed by atoms with E-state index in [9.17, 15) is 19.8 Å². The summed E-state index contributed by atoms with van der Waals surface area (Å²) >= 11 is 0. The molecule has 3 N–H and O–H groups in total. The minimum Gasteiger partial charge on any atom is -0.466 e. The first-order valence-corrected chi connectivity index (χ1v) is 31.6. The van der Waals surface area contributed by atoms with Gasteiger partial charge >= 0.3 is 5.97 Å². The molecular weight excluding hydrogens is 863 g/mol. The second-order valence-corrected chi connectivity index (χ2v) is 21.7. The van der Waals surface area contributed by atoms with Crippen molar-refractivity contribution in [2.45, 2.75) is 360 Å². The van der Waals surface area contributed by atoms with Crippen LogP contribution in [0.15, 0.2) is 24.3 Å². The van der Waals surface area contributed by atoms with E-state index in [1.165, 1.54) is 276 Å². The van der Waals surface area contributed by atoms with Crippen molar-refractivity contribution in [3.63, 3.8) is 0 Å². The molecule has 0 saturated carbocycles. The lowest BCUT2D eigenvalue weighted by atomic mass is 10.0. The molecule has 0 bridgehead atoms. The third-order valence-electron chi connectivity index (χ3n) is 14.7. The number of ether oxygens (including phenoxy) is 1. The van der Waals surface area contributed by atoms with E-state index < -0.39 is 12.1 Å². The Kier molecular flexibility index (Phi) is 58.5. The summed E-state index contributed by atoms with van der Waals surface area (Å²) in [5, 5.41) is 23.1. The molecule has 0 saturated heterocycles. The molecule has 0 spiro atoms. The van der Waals surface area contributed by atoms with Crippen molar-refractivity contribution in [3.8, 4) is 0 Å². The average Bonchev–Trinajstić information content (AvgIpc) is 3.36. The topological polar surface area (TPSA) is 95.9 Å². The Labute approximate surface area is 437 Å². The molecular formula is C64H123NO5. The minimum absolute atomic E-state index is 0.0137. The zero-order valence-electron chi connectivity index (χ0n) is 47.3. The highest BCUT2D eigenvalue weighted by molar-refractivity contribution is 5.76. The zero-order valence-corrected chi connectivity index (χ0v) is 47.3. The Morgan fingerprint density at radius 1 is 0.386 bits per heavy atom. The number of aliphatic hydroxyl groups is 2. The molecule has 0 rings (SSSR count). The fourth-order valence-corrected chi connectivity index (χ4v) is 9.87. The maximum absolute atomic E-state index is 12.5. The third kappa shape index (κ3) is 55.7. The van der Waals surface area contributed by atoms with Crippen LogP contribution in [0.4, 0.5) is 0 Å². The van der Waals surface area contributed by atoms with Gasteiger partial charge in [-0.2, -0.15) is 0 Å². The number of carbonyl (C=O) groups is 2. The van der Waals surface area contributed by atoms with E-state index in [0.717, 1.165) is 44.9 Å². The van der Waals surface area contributed by atoms with Crippen molar-refractivity contribution >= 4 is 11.9 Å². The molecule has 70 heavy (non-hydrogen) atoms. The van der Waals surface area contributed by atoms with E-state index >= 15 is 0 Å². The highest BCUT2D eigenvalue weighted by Crippen LogP contribution is 2.17. The van der Waals surface area contributed by atoms with Gasteiger partial charge in [-0.05, 0) is 57.8 Å². The summed E-state index contributed by atoms with van der Waals surface area (Å²) in [5.74, 6) is -0.0600. The number of hydrogen-bond donors (Lipinski definition) is 3. The van der Waals surface area contributed by atoms with Gasteiger partial charge in [-0.3, -0.25) is 9.59 Å². The van der Waals surface area contributed by atoms with Crippen LogP contribution in [0.2, 0.25) is 0 Å². The molecule has 0 heterocycles. The lowest BCUT2D eigenvalue weighted by molar-refractivity contribution is -0.143. The Morgan fingerprint density at radius 3 is 1.01 bits per heavy atom. The van der Waals surface area contributed by atoms with E-state index in [1.54, 1.807) is 6.08 Å². The van der Waals surface area contributed by atoms with E-state index in [1.807, 2.05) is 6.08 Å². The van der Waals surface area contributed by atoms with E-state index in [4.69, 9.17) is 4.74 Å². The van der Waals surface area contributed by atoms with Crippen LogP contribution < -0.4 is 5.32 Å². The number of nitrogens with one attached hydrogen (secondary N) is 1. The Hall–Kier alpha value is -1.66. The summed E-state index contributed by atoms with van der Waals surface area (Å²) in [4.78, 5) is 24.5. The van der Waals surface area contributed by atoms with Crippen molar-refractivity contribution < 1.29 is 24.5 Å². The van der Waals surface area contributed by atoms with Crippen LogP contribution in [0, 0.1) is 0 Å². The Bertz CT molecular complexity index is 1090. The molecule has 6 nitrogen and oxygen atoms in total. The van der Waals surface area contributed by atoms with Crippen LogP contribution in [-0.4, -0.2) is 47.4 Å². The fourth-order valence-electron chi connectivity index (χ4n) is 9.87. The summed E-state index contributed by atoms with van der Waals surface area (Å²) in [6.45, 7) is 4.92. The number of rotatable bonds is 59. The summed E-state index contributed by atoms with van der Waals surface area (Å²) in [5.41, 5.74) is 0. The summed E-state index contributed by atoms with van der Waals surface area (Å²) in [7, 11) is 0. The molecule has 2 atom stereocenters. The van der Waals surface area contributed by atoms with Crippen molar-refractivity contribution in [1.29, 1.82) is 0 Å². The summed E-state index contributed by atoms with van der Waals surface area (Å²) < 4.78 is 5.50. The van der Waals surface area contributed by atoms with Crippen LogP contribution in [0.5, 0.6) is 0 Å². The number of aliphatic hydroxyl groups excluding tert-OH is 2. The number of carbonyl (C=O) groups excluding carboxylic acids is 2. The van der Waals surface area contributed by atoms with Crippen molar-refractivity contribution in [2.75, 3.05) is 13.2 Å². The van der Waals surface area contributed by atoms with Crippen molar-refractivity contribution in [1.82, 2.24) is 5.32 Å². The van der Waals surface area contributed by atoms with Gasteiger partial charge in [0.2, 0.25) is 5.91 Å². The van der Waals surface area contributed by atoms with Crippen LogP contribution >= 0.6 is 0 Å². The molecule has 0 aliphatic rings. The van der Waals surface area contributed by atoms with E-state index in [2.05, 4.69) is 31.3 Å². The first-order chi connectivity index (χ1) is 34.5. The normalized spacial score (nSPS) is 12.7. The van der Waals surface area contributed by atoms with E-state index in [0.29, 0.717) is 19.4 Å². The van der Waals surface area contributed by atoms with Gasteiger partial charge in [0, 0.05) is 12.8 Å². The molecule has 2 unspecified atom stereocenters. The number of amides is 1. The van der Waals surface area contributed by atoms with Gasteiger partial charge in [0.05, 0.1) is 25.4 Å². The van der Waals surface area contributed by atoms with Crippen LogP contribution in [0.3, 0.4) is 0 Å². The standard InChI is InChI=1S/C64H123NO5/c1-3-5-7-9-11-13-15-17-19-26-30-34-38-42-46-50-54-58-64(69)70-59-55-51-47-43-39-35-31-28-25-23-21-20-22-24-27-29-33-37-41-45-49-53-57-63(68)65-61(60-66)62(67)56-52-48-44-40-36-32-18-16-14-12-10-8-6-4-2/h22,24,52,56,61-62,66-67H,3-21,23,25-51,53-55,57-60H2,1-2H3,(H,65,68)/b24-22-,56-52+. The average molecular weight is 987 g/mol. The summed E-state index contributed by atoms with van der Waals surface area (Å²) in [6.07, 6.45) is 73.6. The molecule has 0 aromatic rings. The Morgan fingerprint density at radius 2 is 0.671 bits per heavy atom. The zero-order chi connectivity index (χ0) is 50.7. The third-order valence-corrected chi connectivity index (χ3v) is 14.7. The smallest absolute Gasteiger partial charge is 0.305 e. The van der Waals surface area contributed by atoms with Crippen molar-refractivity contribution in [2.24, 2.45) is 0 Å². The van der Waals surface area contributed by atoms with Gasteiger partial charge in [-0.25, -0.2) is 0 Å². The quantitative estimate of drug-likeness (QED) is 0.0321. The molecule has 0 aliphatic carbocycles. The number of unbranched alkanes of at least 4 members (excludes halogenated alkanes) is 46. The monoisotopic (exact) mass is 986 g/mol. The fraction of sp³-hybridized carbons (Fsp3) is 0.906. The van der Waals surface area contributed by atoms with Crippen LogP contribution in [-0.2, 0) is 14.3 Å². The Balaban J connectivity index is 3.41. The van der Waals surface area contributed by atoms with Gasteiger partial charge in [0.25, 0.3) is 0 Å². The van der Waals surface area contributed by atoms with Gasteiger partial charge in [0.15, 0.2) is 0 Å². The molecule has 0 aliphatic heterocycles. The molecule has 0 aromatic carbocycles. The highest BCUT2D eigenvalue weighted by atomic mass is 16.5. The van der Waals surface area contributed by atoms with E-state index in [-0.39, 0.29) is 18.5 Å². The lowest BCUT2D eigenvalue weighted by Crippen LogP contribution is -2.45. The molecule has 6 heteroatoms. The maximum atomic E-state index is 12.5.